The van der Waals surface area contributed by atoms with Gasteiger partial charge in [-0.05, 0) is 36.8 Å². The van der Waals surface area contributed by atoms with Gasteiger partial charge in [-0.2, -0.15) is 0 Å². The van der Waals surface area contributed by atoms with E-state index in [0.717, 1.165) is 5.56 Å². The number of hydrogen-bond donors (Lipinski definition) is 1. The molecule has 1 N–H and O–H groups in total. The number of benzene rings is 2. The highest BCUT2D eigenvalue weighted by atomic mass is 32.2. The molecule has 0 aliphatic rings. The minimum absolute atomic E-state index is 0.195. The fourth-order valence-corrected chi connectivity index (χ4v) is 3.29. The Labute approximate surface area is 136 Å². The molecular formula is C18H19NO3S. The second-order valence-electron chi connectivity index (χ2n) is 5.23. The Balaban J connectivity index is 2.17. The number of anilines is 1. The van der Waals surface area contributed by atoms with Gasteiger partial charge in [0.1, 0.15) is 0 Å². The maximum Gasteiger partial charge on any atom is 0.221 e. The summed E-state index contributed by atoms with van der Waals surface area (Å²) in [4.78, 5) is 11.2. The molecule has 0 aliphatic carbocycles. The molecule has 0 aliphatic heterocycles. The molecule has 0 aromatic heterocycles. The summed E-state index contributed by atoms with van der Waals surface area (Å²) in [5, 5.41) is 1.97. The third kappa shape index (κ3) is 4.53. The first-order valence-electron chi connectivity index (χ1n) is 7.24. The molecule has 1 amide bonds. The highest BCUT2D eigenvalue weighted by molar-refractivity contribution is 7.92. The first-order chi connectivity index (χ1) is 10.9. The van der Waals surface area contributed by atoms with Crippen molar-refractivity contribution >= 4 is 27.5 Å². The lowest BCUT2D eigenvalue weighted by atomic mass is 10.2. The van der Waals surface area contributed by atoms with Gasteiger partial charge in [-0.15, -0.1) is 0 Å². The van der Waals surface area contributed by atoms with Crippen LogP contribution in [-0.4, -0.2) is 19.6 Å². The Morgan fingerprint density at radius 3 is 2.22 bits per heavy atom. The maximum atomic E-state index is 12.5. The normalized spacial score (nSPS) is 13.0. The van der Waals surface area contributed by atoms with Gasteiger partial charge in [0.15, 0.2) is 9.84 Å². The number of carbonyl (C=O) groups excluding carboxylic acids is 1. The van der Waals surface area contributed by atoms with Crippen LogP contribution in [0.5, 0.6) is 0 Å². The van der Waals surface area contributed by atoms with E-state index in [2.05, 4.69) is 5.32 Å². The van der Waals surface area contributed by atoms with E-state index in [1.165, 1.54) is 19.1 Å². The van der Waals surface area contributed by atoms with Crippen molar-refractivity contribution in [1.82, 2.24) is 0 Å². The van der Waals surface area contributed by atoms with Crippen LogP contribution in [0.3, 0.4) is 0 Å². The van der Waals surface area contributed by atoms with E-state index in [9.17, 15) is 13.2 Å². The minimum Gasteiger partial charge on any atom is -0.326 e. The Hall–Kier alpha value is -2.40. The predicted octanol–water partition coefficient (Wildman–Crippen LogP) is 3.52. The summed E-state index contributed by atoms with van der Waals surface area (Å²) in [6, 6.07) is 15.7. The van der Waals surface area contributed by atoms with Gasteiger partial charge in [0.05, 0.1) is 10.1 Å². The molecule has 0 saturated carbocycles. The van der Waals surface area contributed by atoms with Crippen LogP contribution in [0.25, 0.3) is 6.08 Å². The van der Waals surface area contributed by atoms with E-state index in [1.54, 1.807) is 31.2 Å². The molecule has 0 heterocycles. The molecule has 0 saturated heterocycles. The first-order valence-corrected chi connectivity index (χ1v) is 8.79. The van der Waals surface area contributed by atoms with E-state index in [1.807, 2.05) is 30.3 Å². The Bertz CT molecular complexity index is 794. The molecule has 0 bridgehead atoms. The van der Waals surface area contributed by atoms with Crippen LogP contribution in [-0.2, 0) is 14.6 Å². The molecule has 0 radical (unpaired) electrons. The van der Waals surface area contributed by atoms with Crippen molar-refractivity contribution in [1.29, 1.82) is 0 Å². The average molecular weight is 329 g/mol. The number of carbonyl (C=O) groups is 1. The largest absolute Gasteiger partial charge is 0.326 e. The van der Waals surface area contributed by atoms with Gasteiger partial charge in [0, 0.05) is 12.6 Å². The molecule has 4 nitrogen and oxygen atoms in total. The van der Waals surface area contributed by atoms with Crippen LogP contribution in [0.4, 0.5) is 5.69 Å². The fraction of sp³-hybridized carbons (Fsp3) is 0.167. The van der Waals surface area contributed by atoms with Crippen molar-refractivity contribution < 1.29 is 13.2 Å². The predicted molar refractivity (Wildman–Crippen MR) is 92.9 cm³/mol. The lowest BCUT2D eigenvalue weighted by Gasteiger charge is -2.10. The highest BCUT2D eigenvalue weighted by Gasteiger charge is 2.20. The molecule has 0 unspecified atom stereocenters. The molecule has 2 rings (SSSR count). The van der Waals surface area contributed by atoms with Gasteiger partial charge in [0.2, 0.25) is 5.91 Å². The van der Waals surface area contributed by atoms with Crippen LogP contribution >= 0.6 is 0 Å². The summed E-state index contributed by atoms with van der Waals surface area (Å²) in [6.07, 6.45) is 3.47. The molecule has 120 valence electrons. The van der Waals surface area contributed by atoms with Crippen molar-refractivity contribution in [2.75, 3.05) is 5.32 Å². The van der Waals surface area contributed by atoms with E-state index in [-0.39, 0.29) is 10.8 Å². The molecule has 1 atom stereocenters. The summed E-state index contributed by atoms with van der Waals surface area (Å²) in [7, 11) is -3.45. The first kappa shape index (κ1) is 17.0. The summed E-state index contributed by atoms with van der Waals surface area (Å²) < 4.78 is 25.1. The van der Waals surface area contributed by atoms with Gasteiger partial charge >= 0.3 is 0 Å². The zero-order chi connectivity index (χ0) is 16.9. The fourth-order valence-electron chi connectivity index (χ4n) is 2.06. The highest BCUT2D eigenvalue weighted by Crippen LogP contribution is 2.20. The van der Waals surface area contributed by atoms with Crippen molar-refractivity contribution in [3.63, 3.8) is 0 Å². The molecule has 5 heteroatoms. The molecule has 2 aromatic rings. The number of hydrogen-bond acceptors (Lipinski definition) is 3. The Morgan fingerprint density at radius 1 is 1.04 bits per heavy atom. The van der Waals surface area contributed by atoms with E-state index >= 15 is 0 Å². The van der Waals surface area contributed by atoms with Crippen LogP contribution in [0.2, 0.25) is 0 Å². The third-order valence-electron chi connectivity index (χ3n) is 3.35. The average Bonchev–Trinajstić information content (AvgIpc) is 2.53. The Morgan fingerprint density at radius 2 is 1.65 bits per heavy atom. The van der Waals surface area contributed by atoms with Crippen LogP contribution < -0.4 is 5.32 Å². The van der Waals surface area contributed by atoms with Gasteiger partial charge in [-0.3, -0.25) is 4.79 Å². The quantitative estimate of drug-likeness (QED) is 0.913. The number of rotatable bonds is 5. The van der Waals surface area contributed by atoms with Crippen LogP contribution in [0, 0.1) is 0 Å². The van der Waals surface area contributed by atoms with Gasteiger partial charge < -0.3 is 5.32 Å². The Kier molecular flexibility index (Phi) is 5.34. The summed E-state index contributed by atoms with van der Waals surface area (Å²) >= 11 is 0. The summed E-state index contributed by atoms with van der Waals surface area (Å²) in [5.74, 6) is -0.195. The van der Waals surface area contributed by atoms with Crippen LogP contribution in [0.1, 0.15) is 19.4 Å². The van der Waals surface area contributed by atoms with Crippen molar-refractivity contribution in [3.8, 4) is 0 Å². The summed E-state index contributed by atoms with van der Waals surface area (Å²) in [5.41, 5.74) is 1.53. The van der Waals surface area contributed by atoms with Crippen LogP contribution in [0.15, 0.2) is 65.6 Å². The number of amides is 1. The zero-order valence-corrected chi connectivity index (χ0v) is 13.9. The van der Waals surface area contributed by atoms with Gasteiger partial charge in [-0.1, -0.05) is 42.5 Å². The van der Waals surface area contributed by atoms with Gasteiger partial charge in [-0.25, -0.2) is 8.42 Å². The second kappa shape index (κ2) is 7.24. The monoisotopic (exact) mass is 329 g/mol. The van der Waals surface area contributed by atoms with E-state index in [4.69, 9.17) is 0 Å². The summed E-state index contributed by atoms with van der Waals surface area (Å²) in [6.45, 7) is 3.05. The number of nitrogens with one attached hydrogen (secondary N) is 1. The third-order valence-corrected chi connectivity index (χ3v) is 5.42. The smallest absolute Gasteiger partial charge is 0.221 e. The topological polar surface area (TPSA) is 63.2 Å². The molecular weight excluding hydrogens is 310 g/mol. The maximum absolute atomic E-state index is 12.5. The molecule has 0 spiro atoms. The lowest BCUT2D eigenvalue weighted by Crippen LogP contribution is -2.15. The van der Waals surface area contributed by atoms with Crippen molar-refractivity contribution in [2.45, 2.75) is 24.0 Å². The zero-order valence-electron chi connectivity index (χ0n) is 13.1. The lowest BCUT2D eigenvalue weighted by molar-refractivity contribution is -0.114. The SMILES string of the molecule is CC(=O)Nc1ccc(S(=O)(=O)[C@H](C)/C=C/c2ccccc2)cc1. The molecule has 0 fully saturated rings. The van der Waals surface area contributed by atoms with Crippen molar-refractivity contribution in [2.24, 2.45) is 0 Å². The van der Waals surface area contributed by atoms with E-state index in [0.29, 0.717) is 5.69 Å². The number of sulfone groups is 1. The van der Waals surface area contributed by atoms with Crippen molar-refractivity contribution in [3.05, 3.63) is 66.2 Å². The minimum atomic E-state index is -3.45. The standard InChI is InChI=1S/C18H19NO3S/c1-14(8-9-16-6-4-3-5-7-16)23(21,22)18-12-10-17(11-13-18)19-15(2)20/h3-14H,1-2H3,(H,19,20)/b9-8+/t14-/m1/s1. The second-order valence-corrected chi connectivity index (χ2v) is 7.53. The molecule has 2 aromatic carbocycles. The molecule has 23 heavy (non-hydrogen) atoms. The van der Waals surface area contributed by atoms with E-state index < -0.39 is 15.1 Å². The van der Waals surface area contributed by atoms with Gasteiger partial charge in [0.25, 0.3) is 0 Å².